The largest absolute Gasteiger partial charge is 0.494 e. The molecule has 2 aliphatic heterocycles. The van der Waals surface area contributed by atoms with Crippen molar-refractivity contribution in [3.63, 3.8) is 0 Å². The maximum absolute atomic E-state index is 12.9. The van der Waals surface area contributed by atoms with Crippen molar-refractivity contribution in [1.82, 2.24) is 14.4 Å². The molecule has 2 aliphatic rings. The highest BCUT2D eigenvalue weighted by Gasteiger charge is 2.25. The molecule has 180 valence electrons. The lowest BCUT2D eigenvalue weighted by molar-refractivity contribution is 0.0696. The van der Waals surface area contributed by atoms with Crippen molar-refractivity contribution < 1.29 is 9.53 Å². The van der Waals surface area contributed by atoms with E-state index in [0.29, 0.717) is 6.04 Å². The molecule has 2 saturated heterocycles. The fraction of sp³-hybridized carbons (Fsp3) is 0.483. The molecule has 1 atom stereocenters. The zero-order valence-electron chi connectivity index (χ0n) is 20.6. The first-order chi connectivity index (χ1) is 16.6. The Morgan fingerprint density at radius 2 is 1.88 bits per heavy atom. The number of carbonyl (C=O) groups excluding carboxylic acids is 1. The summed E-state index contributed by atoms with van der Waals surface area (Å²) in [4.78, 5) is 17.5. The molecule has 2 aromatic carbocycles. The Hall–Kier alpha value is -2.79. The van der Waals surface area contributed by atoms with Gasteiger partial charge in [0.05, 0.1) is 6.61 Å². The van der Waals surface area contributed by atoms with Gasteiger partial charge in [-0.15, -0.1) is 0 Å². The highest BCUT2D eigenvalue weighted by Crippen LogP contribution is 2.30. The van der Waals surface area contributed by atoms with Gasteiger partial charge in [-0.2, -0.15) is 0 Å². The van der Waals surface area contributed by atoms with Gasteiger partial charge in [0.2, 0.25) is 0 Å². The number of hydrogen-bond donors (Lipinski definition) is 0. The molecule has 0 unspecified atom stereocenters. The maximum atomic E-state index is 12.9. The highest BCUT2D eigenvalue weighted by atomic mass is 16.5. The first kappa shape index (κ1) is 23.0. The molecule has 0 aliphatic carbocycles. The van der Waals surface area contributed by atoms with E-state index in [1.54, 1.807) is 0 Å². The highest BCUT2D eigenvalue weighted by molar-refractivity contribution is 5.94. The molecular weight excluding hydrogens is 422 g/mol. The van der Waals surface area contributed by atoms with Gasteiger partial charge in [-0.3, -0.25) is 4.79 Å². The van der Waals surface area contributed by atoms with Gasteiger partial charge < -0.3 is 19.1 Å². The number of hydrogen-bond acceptors (Lipinski definition) is 3. The topological polar surface area (TPSA) is 37.7 Å². The zero-order valence-corrected chi connectivity index (χ0v) is 20.6. The molecule has 1 aromatic heterocycles. The normalized spacial score (nSPS) is 19.7. The molecule has 0 N–H and O–H groups in total. The molecule has 34 heavy (non-hydrogen) atoms. The van der Waals surface area contributed by atoms with Crippen molar-refractivity contribution in [2.75, 3.05) is 32.8 Å². The van der Waals surface area contributed by atoms with Crippen LogP contribution in [0.2, 0.25) is 0 Å². The standard InChI is InChI=1S/C29H37N3O2/c1-22-6-3-8-25(20-22)29(33)31-16-12-26(13-17-31)32-18-11-24-21-27(9-10-28(24)32)34-19-5-15-30-14-4-7-23(30)2/h3,6,8-11,18,20-21,23,26H,4-5,7,12-17,19H2,1-2H3/t23-/m1/s1. The summed E-state index contributed by atoms with van der Waals surface area (Å²) in [7, 11) is 0. The lowest BCUT2D eigenvalue weighted by Gasteiger charge is -2.33. The third kappa shape index (κ3) is 5.00. The van der Waals surface area contributed by atoms with E-state index < -0.39 is 0 Å². The van der Waals surface area contributed by atoms with E-state index in [9.17, 15) is 4.79 Å². The van der Waals surface area contributed by atoms with Crippen LogP contribution in [-0.2, 0) is 0 Å². The Balaban J connectivity index is 1.15. The van der Waals surface area contributed by atoms with Gasteiger partial charge in [0.25, 0.3) is 5.91 Å². The number of benzene rings is 2. The first-order valence-corrected chi connectivity index (χ1v) is 12.9. The molecule has 1 amide bonds. The van der Waals surface area contributed by atoms with Crippen LogP contribution in [0.15, 0.2) is 54.7 Å². The van der Waals surface area contributed by atoms with Crippen molar-refractivity contribution in [2.24, 2.45) is 0 Å². The zero-order chi connectivity index (χ0) is 23.5. The number of fused-ring (bicyclic) bond motifs is 1. The second kappa shape index (κ2) is 10.2. The molecule has 2 fully saturated rings. The summed E-state index contributed by atoms with van der Waals surface area (Å²) >= 11 is 0. The Labute approximate surface area is 203 Å². The third-order valence-corrected chi connectivity index (χ3v) is 7.65. The molecule has 3 aromatic rings. The predicted molar refractivity (Wildman–Crippen MR) is 138 cm³/mol. The van der Waals surface area contributed by atoms with Crippen molar-refractivity contribution in [1.29, 1.82) is 0 Å². The lowest BCUT2D eigenvalue weighted by Crippen LogP contribution is -2.39. The lowest BCUT2D eigenvalue weighted by atomic mass is 10.0. The number of amides is 1. The van der Waals surface area contributed by atoms with Crippen LogP contribution in [0.4, 0.5) is 0 Å². The van der Waals surface area contributed by atoms with E-state index in [4.69, 9.17) is 4.74 Å². The molecule has 0 spiro atoms. The van der Waals surface area contributed by atoms with Gasteiger partial charge in [-0.1, -0.05) is 17.7 Å². The van der Waals surface area contributed by atoms with Crippen LogP contribution in [0.25, 0.3) is 10.9 Å². The van der Waals surface area contributed by atoms with Crippen LogP contribution < -0.4 is 4.74 Å². The van der Waals surface area contributed by atoms with Crippen LogP contribution in [0.1, 0.15) is 61.0 Å². The van der Waals surface area contributed by atoms with E-state index in [1.165, 1.54) is 30.3 Å². The quantitative estimate of drug-likeness (QED) is 0.427. The number of nitrogens with zero attached hydrogens (tertiary/aromatic N) is 3. The minimum atomic E-state index is 0.153. The number of aryl methyl sites for hydroxylation is 1. The molecule has 3 heterocycles. The first-order valence-electron chi connectivity index (χ1n) is 12.9. The van der Waals surface area contributed by atoms with Gasteiger partial charge >= 0.3 is 0 Å². The number of piperidine rings is 1. The molecule has 5 heteroatoms. The summed E-state index contributed by atoms with van der Waals surface area (Å²) in [6.45, 7) is 9.10. The van der Waals surface area contributed by atoms with Gasteiger partial charge in [-0.05, 0) is 88.9 Å². The third-order valence-electron chi connectivity index (χ3n) is 7.65. The molecule has 0 radical (unpaired) electrons. The van der Waals surface area contributed by atoms with E-state index in [2.05, 4.69) is 46.9 Å². The number of carbonyl (C=O) groups is 1. The van der Waals surface area contributed by atoms with E-state index >= 15 is 0 Å². The number of aromatic nitrogens is 1. The average molecular weight is 460 g/mol. The van der Waals surface area contributed by atoms with Gasteiger partial charge in [0, 0.05) is 54.4 Å². The second-order valence-corrected chi connectivity index (χ2v) is 10.1. The summed E-state index contributed by atoms with van der Waals surface area (Å²) in [5, 5.41) is 1.23. The molecule has 0 saturated carbocycles. The molecule has 0 bridgehead atoms. The van der Waals surface area contributed by atoms with E-state index in [0.717, 1.165) is 68.4 Å². The summed E-state index contributed by atoms with van der Waals surface area (Å²) in [5.41, 5.74) is 3.18. The van der Waals surface area contributed by atoms with Crippen LogP contribution in [0.3, 0.4) is 0 Å². The van der Waals surface area contributed by atoms with Crippen molar-refractivity contribution >= 4 is 16.8 Å². The van der Waals surface area contributed by atoms with E-state index in [-0.39, 0.29) is 5.91 Å². The SMILES string of the molecule is Cc1cccc(C(=O)N2CCC(n3ccc4cc(OCCCN5CCC[C@H]5C)ccc43)CC2)c1. The monoisotopic (exact) mass is 459 g/mol. The predicted octanol–water partition coefficient (Wildman–Crippen LogP) is 5.68. The Kier molecular flexibility index (Phi) is 6.91. The molecule has 5 rings (SSSR count). The Morgan fingerprint density at radius 3 is 2.65 bits per heavy atom. The minimum Gasteiger partial charge on any atom is -0.494 e. The number of ether oxygens (including phenoxy) is 1. The number of rotatable bonds is 7. The minimum absolute atomic E-state index is 0.153. The summed E-state index contributed by atoms with van der Waals surface area (Å²) in [5.74, 6) is 1.11. The van der Waals surface area contributed by atoms with Gasteiger partial charge in [-0.25, -0.2) is 0 Å². The van der Waals surface area contributed by atoms with Gasteiger partial charge in [0.1, 0.15) is 5.75 Å². The van der Waals surface area contributed by atoms with Gasteiger partial charge in [0.15, 0.2) is 0 Å². The van der Waals surface area contributed by atoms with Crippen molar-refractivity contribution in [2.45, 2.75) is 58.0 Å². The summed E-state index contributed by atoms with van der Waals surface area (Å²) in [6, 6.07) is 17.7. The van der Waals surface area contributed by atoms with Crippen molar-refractivity contribution in [3.8, 4) is 5.75 Å². The Morgan fingerprint density at radius 1 is 1.03 bits per heavy atom. The second-order valence-electron chi connectivity index (χ2n) is 10.1. The van der Waals surface area contributed by atoms with Crippen LogP contribution >= 0.6 is 0 Å². The fourth-order valence-corrected chi connectivity index (χ4v) is 5.64. The molecule has 5 nitrogen and oxygen atoms in total. The smallest absolute Gasteiger partial charge is 0.253 e. The van der Waals surface area contributed by atoms with Crippen molar-refractivity contribution in [3.05, 3.63) is 65.9 Å². The maximum Gasteiger partial charge on any atom is 0.253 e. The summed E-state index contributed by atoms with van der Waals surface area (Å²) in [6.07, 6.45) is 7.90. The Bertz CT molecular complexity index is 1130. The summed E-state index contributed by atoms with van der Waals surface area (Å²) < 4.78 is 8.47. The van der Waals surface area contributed by atoms with Crippen LogP contribution in [-0.4, -0.2) is 59.1 Å². The number of likely N-dealkylation sites (tertiary alicyclic amines) is 2. The average Bonchev–Trinajstić information content (AvgIpc) is 3.47. The fourth-order valence-electron chi connectivity index (χ4n) is 5.64. The van der Waals surface area contributed by atoms with E-state index in [1.807, 2.05) is 36.1 Å². The van der Waals surface area contributed by atoms with Crippen LogP contribution in [0, 0.1) is 6.92 Å². The van der Waals surface area contributed by atoms with Crippen LogP contribution in [0.5, 0.6) is 5.75 Å². The molecular formula is C29H37N3O2.